The Morgan fingerprint density at radius 1 is 1.21 bits per heavy atom. The third-order valence-corrected chi connectivity index (χ3v) is 9.63. The number of esters is 1. The Hall–Kier alpha value is -1.81. The summed E-state index contributed by atoms with van der Waals surface area (Å²) >= 11 is 1.25. The van der Waals surface area contributed by atoms with Crippen molar-refractivity contribution in [1.82, 2.24) is 0 Å². The van der Waals surface area contributed by atoms with E-state index in [1.165, 1.54) is 18.9 Å². The number of fused-ring (bicyclic) bond motifs is 2. The van der Waals surface area contributed by atoms with Crippen LogP contribution >= 0.6 is 11.8 Å². The summed E-state index contributed by atoms with van der Waals surface area (Å²) in [5, 5.41) is 24.2. The number of Topliss-reactive ketones (excluding diaryl/α,β-unsaturated/α-hetero) is 1. The van der Waals surface area contributed by atoms with Gasteiger partial charge in [-0.2, -0.15) is 0 Å². The predicted molar refractivity (Wildman–Crippen MR) is 148 cm³/mol. The van der Waals surface area contributed by atoms with Crippen LogP contribution in [0.1, 0.15) is 67.2 Å². The van der Waals surface area contributed by atoms with E-state index in [0.29, 0.717) is 29.0 Å². The molecule has 9 atom stereocenters. The molecule has 0 radical (unpaired) electrons. The summed E-state index contributed by atoms with van der Waals surface area (Å²) in [4.78, 5) is 26.4. The van der Waals surface area contributed by atoms with Crippen LogP contribution in [0, 0.1) is 29.1 Å². The van der Waals surface area contributed by atoms with Gasteiger partial charge in [0.15, 0.2) is 0 Å². The molecule has 2 saturated heterocycles. The van der Waals surface area contributed by atoms with Crippen molar-refractivity contribution >= 4 is 23.5 Å². The maximum atomic E-state index is 13.3. The molecule has 0 aromatic carbocycles. The normalized spacial score (nSPS) is 40.4. The minimum Gasteiger partial charge on any atom is -0.491 e. The fourth-order valence-corrected chi connectivity index (χ4v) is 6.20. The summed E-state index contributed by atoms with van der Waals surface area (Å²) in [5.74, 6) is -0.864. The first-order valence-electron chi connectivity index (χ1n) is 13.4. The largest absolute Gasteiger partial charge is 0.491 e. The van der Waals surface area contributed by atoms with Crippen LogP contribution in [0.2, 0.25) is 0 Å². The second-order valence-electron chi connectivity index (χ2n) is 12.1. The first kappa shape index (κ1) is 30.7. The number of thioether (sulfide) groups is 1. The van der Waals surface area contributed by atoms with Gasteiger partial charge in [-0.15, -0.1) is 0 Å². The average molecular weight is 552 g/mol. The molecule has 0 amide bonds. The van der Waals surface area contributed by atoms with Crippen molar-refractivity contribution in [3.05, 3.63) is 34.4 Å². The number of methoxy groups -OCH3 is 1. The summed E-state index contributed by atoms with van der Waals surface area (Å²) in [6.45, 7) is 14.6. The van der Waals surface area contributed by atoms with Crippen LogP contribution < -0.4 is 5.73 Å². The summed E-state index contributed by atoms with van der Waals surface area (Å²) in [7, 11) is 1.53. The molecule has 4 unspecified atom stereocenters. The van der Waals surface area contributed by atoms with Crippen molar-refractivity contribution in [3.63, 3.8) is 0 Å². The lowest BCUT2D eigenvalue weighted by Crippen LogP contribution is -2.46. The number of aliphatic hydroxyl groups excluding tert-OH is 2. The van der Waals surface area contributed by atoms with Gasteiger partial charge in [-0.25, -0.2) is 0 Å². The van der Waals surface area contributed by atoms with Crippen molar-refractivity contribution in [2.75, 3.05) is 7.11 Å². The Morgan fingerprint density at radius 3 is 2.50 bits per heavy atom. The summed E-state index contributed by atoms with van der Waals surface area (Å²) < 4.78 is 17.0. The molecule has 1 saturated carbocycles. The van der Waals surface area contributed by atoms with Gasteiger partial charge in [0.25, 0.3) is 0 Å². The molecule has 4 N–H and O–H groups in total. The topological polar surface area (TPSA) is 132 Å². The van der Waals surface area contributed by atoms with Gasteiger partial charge in [0.1, 0.15) is 17.0 Å². The highest BCUT2D eigenvalue weighted by Gasteiger charge is 2.58. The van der Waals surface area contributed by atoms with Gasteiger partial charge in [-0.3, -0.25) is 9.59 Å². The van der Waals surface area contributed by atoms with E-state index in [-0.39, 0.29) is 29.8 Å². The number of carbonyl (C=O) groups excluding carboxylic acids is 2. The molecule has 0 aromatic rings. The standard InChI is InChI=1S/C29H45NO7S/c1-15(9-20(30)14-38-18(4)35-8)22-11-24-29(7,37-24)13-19-10-21(19)16(2)26(33)17(3)27(34)28(5,6)23(31)12-25(32)36-22/h9,14,16-17,19,21-24,26,31,33H,4,10-13,30H2,1-3,5-8H3/b15-9+,20-14-/t16-,17+,19?,21?,22-,23-,24?,26-,29?/m0/s1. The Balaban J connectivity index is 1.86. The SMILES string of the molecule is C=C(OC)S/C=C(N)/C=C(\C)[C@@H]1CC2OC2(C)CC2CC2[C@H](C)[C@H](O)[C@@H](C)C(=O)C(C)(C)[C@@H](O)CC(=O)O1. The van der Waals surface area contributed by atoms with Crippen molar-refractivity contribution in [2.24, 2.45) is 34.8 Å². The zero-order valence-corrected chi connectivity index (χ0v) is 24.5. The summed E-state index contributed by atoms with van der Waals surface area (Å²) in [6, 6.07) is 0. The molecule has 0 spiro atoms. The number of nitrogens with two attached hydrogens (primary N) is 1. The van der Waals surface area contributed by atoms with E-state index in [1.807, 2.05) is 13.8 Å². The molecule has 3 rings (SSSR count). The Labute approximate surface area is 231 Å². The van der Waals surface area contributed by atoms with E-state index < -0.39 is 35.6 Å². The number of cyclic esters (lactones) is 1. The molecular weight excluding hydrogens is 506 g/mol. The highest BCUT2D eigenvalue weighted by molar-refractivity contribution is 8.05. The van der Waals surface area contributed by atoms with E-state index >= 15 is 0 Å². The predicted octanol–water partition coefficient (Wildman–Crippen LogP) is 4.06. The molecule has 3 fully saturated rings. The third kappa shape index (κ3) is 7.03. The lowest BCUT2D eigenvalue weighted by molar-refractivity contribution is -0.154. The van der Waals surface area contributed by atoms with Gasteiger partial charge in [0.2, 0.25) is 0 Å². The summed E-state index contributed by atoms with van der Waals surface area (Å²) in [6.07, 6.45) is 0.928. The van der Waals surface area contributed by atoms with Gasteiger partial charge in [0, 0.05) is 23.4 Å². The van der Waals surface area contributed by atoms with E-state index in [1.54, 1.807) is 32.3 Å². The van der Waals surface area contributed by atoms with E-state index in [9.17, 15) is 19.8 Å². The van der Waals surface area contributed by atoms with Crippen molar-refractivity contribution in [2.45, 2.75) is 97.2 Å². The van der Waals surface area contributed by atoms with Gasteiger partial charge >= 0.3 is 5.97 Å². The number of epoxide rings is 1. The fraction of sp³-hybridized carbons (Fsp3) is 0.724. The number of carbonyl (C=O) groups is 2. The van der Waals surface area contributed by atoms with Gasteiger partial charge in [0.05, 0.1) is 42.9 Å². The van der Waals surface area contributed by atoms with Crippen molar-refractivity contribution in [1.29, 1.82) is 0 Å². The van der Waals surface area contributed by atoms with Gasteiger partial charge in [-0.05, 0) is 62.7 Å². The van der Waals surface area contributed by atoms with Gasteiger partial charge in [-0.1, -0.05) is 39.5 Å². The molecular formula is C29H45NO7S. The van der Waals surface area contributed by atoms with Crippen LogP contribution in [-0.2, 0) is 23.8 Å². The zero-order valence-electron chi connectivity index (χ0n) is 23.7. The number of ketones is 1. The first-order valence-corrected chi connectivity index (χ1v) is 14.3. The fourth-order valence-electron chi connectivity index (χ4n) is 5.77. The second kappa shape index (κ2) is 11.7. The lowest BCUT2D eigenvalue weighted by Gasteiger charge is -2.34. The number of hydrogen-bond acceptors (Lipinski definition) is 9. The maximum absolute atomic E-state index is 13.3. The lowest BCUT2D eigenvalue weighted by atomic mass is 9.72. The Kier molecular flexibility index (Phi) is 9.49. The van der Waals surface area contributed by atoms with Crippen LogP contribution in [0.5, 0.6) is 0 Å². The number of ether oxygens (including phenoxy) is 3. The number of hydrogen-bond donors (Lipinski definition) is 3. The molecule has 1 aliphatic carbocycles. The third-order valence-electron chi connectivity index (χ3n) is 8.81. The van der Waals surface area contributed by atoms with Crippen molar-refractivity contribution < 1.29 is 34.0 Å². The summed E-state index contributed by atoms with van der Waals surface area (Å²) in [5.41, 5.74) is 5.81. The molecule has 0 bridgehead atoms. The van der Waals surface area contributed by atoms with E-state index in [2.05, 4.69) is 13.5 Å². The molecule has 2 aliphatic heterocycles. The van der Waals surface area contributed by atoms with E-state index in [0.717, 1.165) is 18.4 Å². The molecule has 38 heavy (non-hydrogen) atoms. The minimum absolute atomic E-state index is 0.0506. The smallest absolute Gasteiger partial charge is 0.309 e. The zero-order chi connectivity index (χ0) is 28.6. The highest BCUT2D eigenvalue weighted by atomic mass is 32.2. The van der Waals surface area contributed by atoms with E-state index in [4.69, 9.17) is 19.9 Å². The molecule has 3 aliphatic rings. The first-order chi connectivity index (χ1) is 17.6. The Morgan fingerprint density at radius 2 is 1.87 bits per heavy atom. The molecule has 8 nitrogen and oxygen atoms in total. The molecule has 9 heteroatoms. The van der Waals surface area contributed by atoms with Crippen LogP contribution in [0.15, 0.2) is 34.4 Å². The average Bonchev–Trinajstić information content (AvgIpc) is 3.75. The maximum Gasteiger partial charge on any atom is 0.309 e. The highest BCUT2D eigenvalue weighted by Crippen LogP contribution is 2.56. The number of aliphatic hydroxyl groups is 2. The minimum atomic E-state index is -1.26. The van der Waals surface area contributed by atoms with Crippen molar-refractivity contribution in [3.8, 4) is 0 Å². The van der Waals surface area contributed by atoms with Crippen LogP contribution in [0.4, 0.5) is 0 Å². The number of allylic oxidation sites excluding steroid dienone is 1. The van der Waals surface area contributed by atoms with Crippen LogP contribution in [-0.4, -0.2) is 59.1 Å². The van der Waals surface area contributed by atoms with Crippen LogP contribution in [0.25, 0.3) is 0 Å². The molecule has 214 valence electrons. The second-order valence-corrected chi connectivity index (χ2v) is 13.1. The molecule has 2 heterocycles. The Bertz CT molecular complexity index is 991. The monoisotopic (exact) mass is 551 g/mol. The van der Waals surface area contributed by atoms with Crippen LogP contribution in [0.3, 0.4) is 0 Å². The quantitative estimate of drug-likeness (QED) is 0.200. The van der Waals surface area contributed by atoms with Gasteiger partial charge < -0.3 is 30.2 Å². The molecule has 0 aromatic heterocycles. The number of rotatable bonds is 5.